The molecule has 2 rings (SSSR count). The van der Waals surface area contributed by atoms with Crippen LogP contribution in [0.2, 0.25) is 0 Å². The van der Waals surface area contributed by atoms with Gasteiger partial charge in [0.2, 0.25) is 5.89 Å². The van der Waals surface area contributed by atoms with Crippen molar-refractivity contribution in [3.8, 4) is 21.3 Å². The molecule has 4 nitrogen and oxygen atoms in total. The Morgan fingerprint density at radius 3 is 2.50 bits per heavy atom. The minimum absolute atomic E-state index is 0.0426. The van der Waals surface area contributed by atoms with Gasteiger partial charge in [-0.25, -0.2) is 4.79 Å². The Labute approximate surface area is 124 Å². The molecule has 0 aliphatic rings. The minimum Gasteiger partial charge on any atom is -0.388 e. The standard InChI is InChI=1S/C12H6F3IN2O2/c13-12(14,15)9-4-2-8(3-5-9)10-17-18(7-1-6-16)11(19)20-10/h2-5H,7H2. The van der Waals surface area contributed by atoms with Crippen LogP contribution in [-0.2, 0) is 12.7 Å². The summed E-state index contributed by atoms with van der Waals surface area (Å²) in [7, 11) is 0. The first-order valence-electron chi connectivity index (χ1n) is 5.26. The normalized spacial score (nSPS) is 11.0. The van der Waals surface area contributed by atoms with Crippen LogP contribution in [0, 0.1) is 9.85 Å². The van der Waals surface area contributed by atoms with Crippen molar-refractivity contribution in [2.45, 2.75) is 12.7 Å². The number of nitrogens with zero attached hydrogens (tertiary/aromatic N) is 2. The molecule has 0 amide bonds. The first-order valence-corrected chi connectivity index (χ1v) is 6.34. The molecule has 0 saturated carbocycles. The molecule has 1 heterocycles. The second-order valence-electron chi connectivity index (χ2n) is 3.68. The fourth-order valence-corrected chi connectivity index (χ4v) is 1.60. The molecule has 8 heteroatoms. The van der Waals surface area contributed by atoms with Gasteiger partial charge < -0.3 is 4.42 Å². The van der Waals surface area contributed by atoms with E-state index in [9.17, 15) is 18.0 Å². The van der Waals surface area contributed by atoms with E-state index in [0.717, 1.165) is 16.8 Å². The molecule has 0 bridgehead atoms. The van der Waals surface area contributed by atoms with Crippen LogP contribution in [0.3, 0.4) is 0 Å². The lowest BCUT2D eigenvalue weighted by molar-refractivity contribution is -0.137. The lowest BCUT2D eigenvalue weighted by Crippen LogP contribution is -2.14. The van der Waals surface area contributed by atoms with Gasteiger partial charge in [-0.2, -0.15) is 17.9 Å². The van der Waals surface area contributed by atoms with Gasteiger partial charge in [-0.05, 0) is 28.2 Å². The molecule has 20 heavy (non-hydrogen) atoms. The zero-order valence-electron chi connectivity index (χ0n) is 9.74. The fraction of sp³-hybridized carbons (Fsp3) is 0.167. The third kappa shape index (κ3) is 3.22. The Balaban J connectivity index is 2.32. The van der Waals surface area contributed by atoms with Crippen molar-refractivity contribution in [1.29, 1.82) is 0 Å². The maximum absolute atomic E-state index is 12.4. The van der Waals surface area contributed by atoms with Gasteiger partial charge in [-0.1, -0.05) is 5.92 Å². The van der Waals surface area contributed by atoms with E-state index in [1.807, 2.05) is 22.6 Å². The monoisotopic (exact) mass is 394 g/mol. The van der Waals surface area contributed by atoms with Crippen molar-refractivity contribution < 1.29 is 17.6 Å². The Kier molecular flexibility index (Phi) is 4.17. The summed E-state index contributed by atoms with van der Waals surface area (Å²) in [6.07, 6.45) is -4.41. The summed E-state index contributed by atoms with van der Waals surface area (Å²) in [4.78, 5) is 11.4. The molecule has 0 aliphatic heterocycles. The molecule has 0 atom stereocenters. The first-order chi connectivity index (χ1) is 9.41. The van der Waals surface area contributed by atoms with Crippen molar-refractivity contribution >= 4 is 22.6 Å². The molecule has 0 saturated heterocycles. The molecule has 104 valence electrons. The predicted octanol–water partition coefficient (Wildman–Crippen LogP) is 2.92. The molecule has 2 aromatic rings. The number of halogens is 4. The van der Waals surface area contributed by atoms with E-state index < -0.39 is 17.5 Å². The molecule has 0 radical (unpaired) electrons. The Bertz CT molecular complexity index is 720. The quantitative estimate of drug-likeness (QED) is 0.582. The largest absolute Gasteiger partial charge is 0.438 e. The molecular weight excluding hydrogens is 388 g/mol. The molecule has 0 spiro atoms. The van der Waals surface area contributed by atoms with Crippen LogP contribution in [0.1, 0.15) is 5.56 Å². The predicted molar refractivity (Wildman–Crippen MR) is 73.0 cm³/mol. The zero-order chi connectivity index (χ0) is 14.8. The van der Waals surface area contributed by atoms with Gasteiger partial charge >= 0.3 is 11.9 Å². The van der Waals surface area contributed by atoms with Gasteiger partial charge in [0.05, 0.1) is 5.56 Å². The van der Waals surface area contributed by atoms with Gasteiger partial charge in [-0.15, -0.1) is 5.10 Å². The highest BCUT2D eigenvalue weighted by Crippen LogP contribution is 2.30. The van der Waals surface area contributed by atoms with E-state index in [-0.39, 0.29) is 18.0 Å². The van der Waals surface area contributed by atoms with Crippen molar-refractivity contribution in [2.24, 2.45) is 0 Å². The molecule has 1 aromatic carbocycles. The second-order valence-corrected chi connectivity index (χ2v) is 4.22. The Hall–Kier alpha value is -1.76. The maximum atomic E-state index is 12.4. The lowest BCUT2D eigenvalue weighted by Gasteiger charge is -2.05. The average Bonchev–Trinajstić information content (AvgIpc) is 2.77. The smallest absolute Gasteiger partial charge is 0.388 e. The summed E-state index contributed by atoms with van der Waals surface area (Å²) in [5, 5.41) is 3.86. The van der Waals surface area contributed by atoms with E-state index in [1.54, 1.807) is 0 Å². The van der Waals surface area contributed by atoms with E-state index in [1.165, 1.54) is 12.1 Å². The summed E-state index contributed by atoms with van der Waals surface area (Å²) in [6.45, 7) is 0.0614. The highest BCUT2D eigenvalue weighted by Gasteiger charge is 2.30. The molecule has 0 N–H and O–H groups in total. The second kappa shape index (κ2) is 5.70. The Morgan fingerprint density at radius 2 is 1.95 bits per heavy atom. The van der Waals surface area contributed by atoms with Crippen LogP contribution < -0.4 is 5.76 Å². The summed E-state index contributed by atoms with van der Waals surface area (Å²) < 4.78 is 45.7. The number of hydrogen-bond donors (Lipinski definition) is 0. The molecule has 0 aliphatic carbocycles. The molecular formula is C12H6F3IN2O2. The lowest BCUT2D eigenvalue weighted by atomic mass is 10.1. The van der Waals surface area contributed by atoms with E-state index in [2.05, 4.69) is 14.9 Å². The molecule has 0 unspecified atom stereocenters. The summed E-state index contributed by atoms with van der Waals surface area (Å²) in [6, 6.07) is 4.20. The maximum Gasteiger partial charge on any atom is 0.438 e. The van der Waals surface area contributed by atoms with Crippen molar-refractivity contribution in [3.05, 3.63) is 40.4 Å². The van der Waals surface area contributed by atoms with E-state index >= 15 is 0 Å². The number of alkyl halides is 3. The van der Waals surface area contributed by atoms with Gasteiger partial charge in [-0.3, -0.25) is 0 Å². The minimum atomic E-state index is -4.41. The molecule has 0 fully saturated rings. The number of rotatable bonds is 2. The topological polar surface area (TPSA) is 48.0 Å². The van der Waals surface area contributed by atoms with Crippen LogP contribution in [0.15, 0.2) is 33.5 Å². The third-order valence-electron chi connectivity index (χ3n) is 2.36. The average molecular weight is 394 g/mol. The van der Waals surface area contributed by atoms with Crippen LogP contribution in [0.25, 0.3) is 11.5 Å². The summed E-state index contributed by atoms with van der Waals surface area (Å²) in [5.74, 6) is 1.88. The highest BCUT2D eigenvalue weighted by molar-refractivity contribution is 14.1. The zero-order valence-corrected chi connectivity index (χ0v) is 11.9. The van der Waals surface area contributed by atoms with Crippen LogP contribution in [0.4, 0.5) is 13.2 Å². The van der Waals surface area contributed by atoms with Gasteiger partial charge in [0, 0.05) is 28.2 Å². The van der Waals surface area contributed by atoms with E-state index in [0.29, 0.717) is 0 Å². The van der Waals surface area contributed by atoms with Crippen LogP contribution in [0.5, 0.6) is 0 Å². The summed E-state index contributed by atoms with van der Waals surface area (Å²) in [5.41, 5.74) is -0.491. The van der Waals surface area contributed by atoms with Gasteiger partial charge in [0.1, 0.15) is 6.54 Å². The van der Waals surface area contributed by atoms with E-state index in [4.69, 9.17) is 4.42 Å². The SMILES string of the molecule is O=c1oc(-c2ccc(C(F)(F)F)cc2)nn1CC#CI. The third-order valence-corrected chi connectivity index (χ3v) is 2.74. The van der Waals surface area contributed by atoms with Crippen molar-refractivity contribution in [1.82, 2.24) is 9.78 Å². The van der Waals surface area contributed by atoms with Gasteiger partial charge in [0.15, 0.2) is 0 Å². The fourth-order valence-electron chi connectivity index (χ4n) is 1.43. The van der Waals surface area contributed by atoms with Crippen molar-refractivity contribution in [2.75, 3.05) is 0 Å². The number of benzene rings is 1. The van der Waals surface area contributed by atoms with Crippen LogP contribution in [-0.4, -0.2) is 9.78 Å². The number of hydrogen-bond acceptors (Lipinski definition) is 3. The summed E-state index contributed by atoms with van der Waals surface area (Å²) >= 11 is 1.81. The van der Waals surface area contributed by atoms with Gasteiger partial charge in [0.25, 0.3) is 0 Å². The highest BCUT2D eigenvalue weighted by atomic mass is 127. The molecule has 1 aromatic heterocycles. The number of aromatic nitrogens is 2. The van der Waals surface area contributed by atoms with Crippen molar-refractivity contribution in [3.63, 3.8) is 0 Å². The first kappa shape index (κ1) is 14.6. The Morgan fingerprint density at radius 1 is 1.30 bits per heavy atom. The van der Waals surface area contributed by atoms with Crippen LogP contribution >= 0.6 is 22.6 Å².